The Bertz CT molecular complexity index is 980. The molecule has 1 aliphatic heterocycles. The lowest BCUT2D eigenvalue weighted by atomic mass is 10.2. The maximum absolute atomic E-state index is 12.6. The number of thiazole rings is 1. The highest BCUT2D eigenvalue weighted by molar-refractivity contribution is 7.09. The zero-order valence-corrected chi connectivity index (χ0v) is 18.5. The van der Waals surface area contributed by atoms with Gasteiger partial charge in [0.15, 0.2) is 0 Å². The van der Waals surface area contributed by atoms with Crippen LogP contribution in [-0.4, -0.2) is 50.9 Å². The zero-order valence-electron chi connectivity index (χ0n) is 17.7. The lowest BCUT2D eigenvalue weighted by Crippen LogP contribution is -2.49. The predicted octanol–water partition coefficient (Wildman–Crippen LogP) is 3.17. The summed E-state index contributed by atoms with van der Waals surface area (Å²) in [5.74, 6) is 0.888. The Labute approximate surface area is 185 Å². The maximum Gasteiger partial charge on any atom is 0.244 e. The third-order valence-corrected chi connectivity index (χ3v) is 5.75. The lowest BCUT2D eigenvalue weighted by Gasteiger charge is -2.35. The average Bonchev–Trinajstić information content (AvgIpc) is 3.40. The largest absolute Gasteiger partial charge is 0.486 e. The van der Waals surface area contributed by atoms with Gasteiger partial charge < -0.3 is 19.7 Å². The highest BCUT2D eigenvalue weighted by Gasteiger charge is 2.25. The highest BCUT2D eigenvalue weighted by atomic mass is 32.1. The predicted molar refractivity (Wildman–Crippen MR) is 119 cm³/mol. The number of nitrogens with zero attached hydrogens (tertiary/aromatic N) is 4. The molecule has 1 aliphatic rings. The van der Waals surface area contributed by atoms with Crippen LogP contribution in [0.25, 0.3) is 0 Å². The number of amides is 1. The number of para-hydroxylation sites is 1. The van der Waals surface area contributed by atoms with E-state index in [1.807, 2.05) is 60.7 Å². The van der Waals surface area contributed by atoms with E-state index in [2.05, 4.69) is 15.4 Å². The van der Waals surface area contributed by atoms with E-state index in [9.17, 15) is 4.79 Å². The number of benzene rings is 1. The molecule has 3 heterocycles. The smallest absolute Gasteiger partial charge is 0.244 e. The van der Waals surface area contributed by atoms with E-state index < -0.39 is 0 Å². The van der Waals surface area contributed by atoms with Gasteiger partial charge in [0.1, 0.15) is 23.9 Å². The highest BCUT2D eigenvalue weighted by Crippen LogP contribution is 2.16. The summed E-state index contributed by atoms with van der Waals surface area (Å²) in [6.45, 7) is 6.48. The summed E-state index contributed by atoms with van der Waals surface area (Å²) < 4.78 is 13.1. The topological polar surface area (TPSA) is 81.5 Å². The monoisotopic (exact) mass is 441 g/mol. The molecule has 1 N–H and O–H groups in total. The van der Waals surface area contributed by atoms with Crippen molar-refractivity contribution in [1.82, 2.24) is 19.7 Å². The number of rotatable bonds is 8. The summed E-state index contributed by atoms with van der Waals surface area (Å²) in [4.78, 5) is 19.0. The Morgan fingerprint density at radius 1 is 1.26 bits per heavy atom. The molecule has 1 amide bonds. The molecule has 0 spiro atoms. The minimum absolute atomic E-state index is 0.0548. The molecule has 164 valence electrons. The van der Waals surface area contributed by atoms with Crippen LogP contribution in [0.15, 0.2) is 48.1 Å². The first-order chi connectivity index (χ1) is 15.0. The Hall–Kier alpha value is -2.91. The molecule has 0 radical (unpaired) electrons. The van der Waals surface area contributed by atoms with Crippen molar-refractivity contribution in [2.24, 2.45) is 0 Å². The second-order valence-electron chi connectivity index (χ2n) is 7.67. The summed E-state index contributed by atoms with van der Waals surface area (Å²) in [5, 5.41) is 10.6. The minimum Gasteiger partial charge on any atom is -0.486 e. The van der Waals surface area contributed by atoms with Crippen LogP contribution in [0.3, 0.4) is 0 Å². The summed E-state index contributed by atoms with van der Waals surface area (Å²) in [7, 11) is 0. The number of carbonyl (C=O) groups excluding carboxylic acids is 1. The summed E-state index contributed by atoms with van der Waals surface area (Å²) in [6, 6.07) is 9.71. The van der Waals surface area contributed by atoms with Gasteiger partial charge in [-0.2, -0.15) is 5.10 Å². The van der Waals surface area contributed by atoms with Gasteiger partial charge in [0.25, 0.3) is 0 Å². The molecule has 1 fully saturated rings. The fraction of sp³-hybridized carbons (Fsp3) is 0.409. The first-order valence-corrected chi connectivity index (χ1v) is 11.2. The van der Waals surface area contributed by atoms with E-state index in [1.54, 1.807) is 22.2 Å². The molecule has 3 aromatic rings. The standard InChI is InChI=1S/C22H27N5O3S/c1-16-10-26(11-17(2)30-16)22(28)13-27-12-18(9-24-27)23-8-19-15-31-21(25-19)14-29-20-6-4-3-5-7-20/h3-7,9,12,15-17,23H,8,10-11,13-14H2,1-2H3. The van der Waals surface area contributed by atoms with Crippen LogP contribution < -0.4 is 10.1 Å². The molecule has 4 rings (SSSR count). The van der Waals surface area contributed by atoms with Crippen LogP contribution in [0, 0.1) is 0 Å². The number of morpholine rings is 1. The van der Waals surface area contributed by atoms with Gasteiger partial charge in [-0.05, 0) is 26.0 Å². The fourth-order valence-corrected chi connectivity index (χ4v) is 4.22. The van der Waals surface area contributed by atoms with Crippen LogP contribution in [-0.2, 0) is 29.2 Å². The maximum atomic E-state index is 12.6. The number of hydrogen-bond acceptors (Lipinski definition) is 7. The SMILES string of the molecule is CC1CN(C(=O)Cn2cc(NCc3csc(COc4ccccc4)n3)cn2)CC(C)O1. The molecule has 2 aromatic heterocycles. The van der Waals surface area contributed by atoms with Crippen molar-refractivity contribution in [1.29, 1.82) is 0 Å². The summed E-state index contributed by atoms with van der Waals surface area (Å²) >= 11 is 1.58. The second-order valence-corrected chi connectivity index (χ2v) is 8.61. The van der Waals surface area contributed by atoms with Gasteiger partial charge in [-0.1, -0.05) is 18.2 Å². The zero-order chi connectivity index (χ0) is 21.6. The normalized spacial score (nSPS) is 18.7. The number of hydrogen-bond donors (Lipinski definition) is 1. The molecule has 9 heteroatoms. The van der Waals surface area contributed by atoms with Gasteiger partial charge >= 0.3 is 0 Å². The van der Waals surface area contributed by atoms with Crippen LogP contribution >= 0.6 is 11.3 Å². The van der Waals surface area contributed by atoms with Gasteiger partial charge in [0.05, 0.1) is 36.3 Å². The molecule has 0 bridgehead atoms. The fourth-order valence-electron chi connectivity index (χ4n) is 3.51. The van der Waals surface area contributed by atoms with Gasteiger partial charge in [-0.15, -0.1) is 11.3 Å². The molecular weight excluding hydrogens is 414 g/mol. The van der Waals surface area contributed by atoms with E-state index in [0.717, 1.165) is 22.1 Å². The van der Waals surface area contributed by atoms with E-state index in [1.165, 1.54) is 0 Å². The number of anilines is 1. The van der Waals surface area contributed by atoms with Gasteiger partial charge in [-0.25, -0.2) is 4.98 Å². The molecule has 31 heavy (non-hydrogen) atoms. The number of carbonyl (C=O) groups is 1. The summed E-state index contributed by atoms with van der Waals surface area (Å²) in [5.41, 5.74) is 1.79. The van der Waals surface area contributed by atoms with Gasteiger partial charge in [0, 0.05) is 24.7 Å². The quantitative estimate of drug-likeness (QED) is 0.578. The number of nitrogens with one attached hydrogen (secondary N) is 1. The Morgan fingerprint density at radius 2 is 2.03 bits per heavy atom. The van der Waals surface area contributed by atoms with Crippen molar-refractivity contribution in [2.45, 2.75) is 45.8 Å². The number of aromatic nitrogens is 3. The van der Waals surface area contributed by atoms with Crippen molar-refractivity contribution in [3.05, 3.63) is 58.8 Å². The Morgan fingerprint density at radius 3 is 2.81 bits per heavy atom. The van der Waals surface area contributed by atoms with Crippen LogP contribution in [0.2, 0.25) is 0 Å². The third kappa shape index (κ3) is 6.05. The van der Waals surface area contributed by atoms with Crippen molar-refractivity contribution >= 4 is 22.9 Å². The lowest BCUT2D eigenvalue weighted by molar-refractivity contribution is -0.144. The third-order valence-electron chi connectivity index (χ3n) is 4.88. The van der Waals surface area contributed by atoms with Crippen LogP contribution in [0.4, 0.5) is 5.69 Å². The molecule has 2 atom stereocenters. The van der Waals surface area contributed by atoms with Crippen LogP contribution in [0.5, 0.6) is 5.75 Å². The molecule has 1 aromatic carbocycles. The first-order valence-electron chi connectivity index (χ1n) is 10.4. The van der Waals surface area contributed by atoms with E-state index in [-0.39, 0.29) is 24.7 Å². The number of ether oxygens (including phenoxy) is 2. The van der Waals surface area contributed by atoms with E-state index in [4.69, 9.17) is 9.47 Å². The molecule has 2 unspecified atom stereocenters. The molecule has 0 aliphatic carbocycles. The van der Waals surface area contributed by atoms with E-state index >= 15 is 0 Å². The Balaban J connectivity index is 1.24. The Kier molecular flexibility index (Phi) is 6.83. The molecule has 0 saturated carbocycles. The van der Waals surface area contributed by atoms with Crippen molar-refractivity contribution in [3.63, 3.8) is 0 Å². The van der Waals surface area contributed by atoms with Gasteiger partial charge in [0.2, 0.25) is 5.91 Å². The molecule has 1 saturated heterocycles. The minimum atomic E-state index is 0.0548. The van der Waals surface area contributed by atoms with Crippen molar-refractivity contribution < 1.29 is 14.3 Å². The van der Waals surface area contributed by atoms with E-state index in [0.29, 0.717) is 26.2 Å². The van der Waals surface area contributed by atoms with Gasteiger partial charge in [-0.3, -0.25) is 9.48 Å². The molecule has 8 nitrogen and oxygen atoms in total. The molecular formula is C22H27N5O3S. The van der Waals surface area contributed by atoms with Crippen LogP contribution in [0.1, 0.15) is 24.5 Å². The van der Waals surface area contributed by atoms with Crippen molar-refractivity contribution in [2.75, 3.05) is 18.4 Å². The van der Waals surface area contributed by atoms with Crippen molar-refractivity contribution in [3.8, 4) is 5.75 Å². The first kappa shape index (κ1) is 21.3. The summed E-state index contributed by atoms with van der Waals surface area (Å²) in [6.07, 6.45) is 3.69. The second kappa shape index (κ2) is 9.93. The average molecular weight is 442 g/mol.